The first-order chi connectivity index (χ1) is 19.1. The molecule has 5 aromatic rings. The number of carbonyl (C=O) groups is 2. The van der Waals surface area contributed by atoms with Crippen molar-refractivity contribution in [2.24, 2.45) is 0 Å². The first-order valence-corrected chi connectivity index (χ1v) is 15.0. The van der Waals surface area contributed by atoms with E-state index in [-0.39, 0.29) is 11.9 Å². The average Bonchev–Trinajstić information content (AvgIpc) is 3.21. The van der Waals surface area contributed by atoms with Crippen LogP contribution in [0.15, 0.2) is 152 Å². The van der Waals surface area contributed by atoms with E-state index in [1.165, 1.54) is 0 Å². The zero-order valence-electron chi connectivity index (χ0n) is 21.6. The van der Waals surface area contributed by atoms with Crippen molar-refractivity contribution in [2.45, 2.75) is 5.54 Å². The summed E-state index contributed by atoms with van der Waals surface area (Å²) in [5.74, 6) is -0.240. The second kappa shape index (κ2) is 9.85. The van der Waals surface area contributed by atoms with Gasteiger partial charge in [0.25, 0.3) is 14.1 Å². The van der Waals surface area contributed by atoms with Crippen LogP contribution in [0.25, 0.3) is 0 Å². The molecule has 0 saturated carbocycles. The van der Waals surface area contributed by atoms with Gasteiger partial charge in [0.15, 0.2) is 5.54 Å². The van der Waals surface area contributed by atoms with Gasteiger partial charge < -0.3 is 4.90 Å². The fraction of sp³-hybridized carbons (Fsp3) is 0.0588. The van der Waals surface area contributed by atoms with E-state index in [0.717, 1.165) is 26.7 Å². The Morgan fingerprint density at radius 2 is 0.795 bits per heavy atom. The highest BCUT2D eigenvalue weighted by Crippen LogP contribution is 2.43. The third-order valence-corrected chi connectivity index (χ3v) is 12.4. The molecule has 1 fully saturated rings. The molecule has 0 bridgehead atoms. The molecule has 0 atom stereocenters. The summed E-state index contributed by atoms with van der Waals surface area (Å²) in [5, 5.41) is 2.90. The van der Waals surface area contributed by atoms with Gasteiger partial charge >= 0.3 is 6.03 Å². The molecule has 4 nitrogen and oxygen atoms in total. The molecule has 0 radical (unpaired) electrons. The van der Waals surface area contributed by atoms with Crippen molar-refractivity contribution in [3.8, 4) is 0 Å². The Kier molecular flexibility index (Phi) is 6.21. The third kappa shape index (κ3) is 3.58. The zero-order valence-corrected chi connectivity index (χ0v) is 22.6. The number of carbonyl (C=O) groups excluding carboxylic acids is 2. The molecule has 5 aromatic carbocycles. The van der Waals surface area contributed by atoms with Crippen molar-refractivity contribution in [3.05, 3.63) is 163 Å². The highest BCUT2D eigenvalue weighted by Gasteiger charge is 2.65. The minimum Gasteiger partial charge on any atom is -0.305 e. The van der Waals surface area contributed by atoms with Gasteiger partial charge in [-0.05, 0) is 26.7 Å². The summed E-state index contributed by atoms with van der Waals surface area (Å²) in [5.41, 5.74) is 0.212. The van der Waals surface area contributed by atoms with Crippen LogP contribution in [0.5, 0.6) is 0 Å². The summed E-state index contributed by atoms with van der Waals surface area (Å²) in [6.07, 6.45) is 0. The van der Waals surface area contributed by atoms with Gasteiger partial charge in [0.2, 0.25) is 0 Å². The minimum absolute atomic E-state index is 0.240. The maximum absolute atomic E-state index is 15.3. The maximum Gasteiger partial charge on any atom is 0.320 e. The lowest BCUT2D eigenvalue weighted by Gasteiger charge is -2.40. The topological polar surface area (TPSA) is 40.6 Å². The Morgan fingerprint density at radius 1 is 0.487 bits per heavy atom. The second-order valence-electron chi connectivity index (χ2n) is 9.73. The van der Waals surface area contributed by atoms with E-state index in [4.69, 9.17) is 0 Å². The number of hydrogen-bond donors (Lipinski definition) is 0. The molecule has 1 aliphatic rings. The van der Waals surface area contributed by atoms with Crippen LogP contribution < -0.4 is 15.6 Å². The van der Waals surface area contributed by atoms with Gasteiger partial charge in [-0.3, -0.25) is 9.36 Å². The van der Waals surface area contributed by atoms with E-state index < -0.39 is 13.8 Å². The predicted molar refractivity (Wildman–Crippen MR) is 158 cm³/mol. The van der Waals surface area contributed by atoms with Crippen molar-refractivity contribution >= 4 is 35.7 Å². The van der Waals surface area contributed by atoms with Crippen LogP contribution in [-0.4, -0.2) is 36.7 Å². The Hall–Kier alpha value is -4.74. The highest BCUT2D eigenvalue weighted by atomic mass is 28.3. The Labute approximate surface area is 229 Å². The summed E-state index contributed by atoms with van der Waals surface area (Å²) in [4.78, 5) is 31.7. The lowest BCUT2D eigenvalue weighted by molar-refractivity contribution is -0.128. The van der Waals surface area contributed by atoms with Crippen molar-refractivity contribution < 1.29 is 9.59 Å². The number of urea groups is 1. The van der Waals surface area contributed by atoms with E-state index in [0.29, 0.717) is 0 Å². The van der Waals surface area contributed by atoms with E-state index in [9.17, 15) is 4.79 Å². The Morgan fingerprint density at radius 3 is 1.13 bits per heavy atom. The monoisotopic (exact) mass is 524 g/mol. The van der Waals surface area contributed by atoms with Crippen LogP contribution in [-0.2, 0) is 10.3 Å². The van der Waals surface area contributed by atoms with Gasteiger partial charge in [0.05, 0.1) is 0 Å². The Bertz CT molecular complexity index is 1460. The molecule has 0 aliphatic carbocycles. The molecular weight excluding hydrogens is 496 g/mol. The molecule has 0 spiro atoms. The van der Waals surface area contributed by atoms with Crippen LogP contribution in [0.2, 0.25) is 0 Å². The number of benzene rings is 5. The van der Waals surface area contributed by atoms with Crippen molar-refractivity contribution in [2.75, 3.05) is 7.05 Å². The summed E-state index contributed by atoms with van der Waals surface area (Å²) in [7, 11) is -1.67. The number of amides is 3. The van der Waals surface area contributed by atoms with Crippen molar-refractivity contribution in [1.29, 1.82) is 0 Å². The number of rotatable bonds is 6. The molecule has 39 heavy (non-hydrogen) atoms. The van der Waals surface area contributed by atoms with Gasteiger partial charge in [0.1, 0.15) is 0 Å². The van der Waals surface area contributed by atoms with Crippen LogP contribution in [0, 0.1) is 0 Å². The summed E-state index contributed by atoms with van der Waals surface area (Å²) in [6, 6.07) is 49.1. The first kappa shape index (κ1) is 24.6. The van der Waals surface area contributed by atoms with Crippen molar-refractivity contribution in [1.82, 2.24) is 9.47 Å². The van der Waals surface area contributed by atoms with E-state index in [1.807, 2.05) is 115 Å². The van der Waals surface area contributed by atoms with E-state index in [2.05, 4.69) is 36.4 Å². The molecule has 3 amide bonds. The fourth-order valence-corrected chi connectivity index (χ4v) is 10.8. The lowest BCUT2D eigenvalue weighted by Crippen LogP contribution is -2.78. The molecule has 0 unspecified atom stereocenters. The van der Waals surface area contributed by atoms with Crippen LogP contribution in [0.1, 0.15) is 11.1 Å². The molecular formula is C34H28N2O2Si. The normalized spacial score (nSPS) is 15.0. The first-order valence-electron chi connectivity index (χ1n) is 13.0. The summed E-state index contributed by atoms with van der Waals surface area (Å²) >= 11 is 0. The minimum atomic E-state index is -3.42. The molecule has 1 heterocycles. The quantitative estimate of drug-likeness (QED) is 0.187. The van der Waals surface area contributed by atoms with Crippen LogP contribution in [0.3, 0.4) is 0 Å². The van der Waals surface area contributed by atoms with Gasteiger partial charge in [-0.1, -0.05) is 152 Å². The highest BCUT2D eigenvalue weighted by molar-refractivity contribution is 7.11. The standard InChI is InChI=1S/C34H28N2O2Si/c1-35-33(38)36(32(37)34(35,27-17-7-2-8-18-27)28-19-9-3-10-20-28)39(29-21-11-4-12-22-29,30-23-13-5-14-24-30)31-25-15-6-16-26-31/h2-26H,1H3. The van der Waals surface area contributed by atoms with Gasteiger partial charge in [-0.2, -0.15) is 0 Å². The van der Waals surface area contributed by atoms with Crippen molar-refractivity contribution in [3.63, 3.8) is 0 Å². The molecule has 1 aliphatic heterocycles. The van der Waals surface area contributed by atoms with E-state index >= 15 is 4.79 Å². The molecule has 6 rings (SSSR count). The second-order valence-corrected chi connectivity index (χ2v) is 13.3. The molecule has 5 heteroatoms. The van der Waals surface area contributed by atoms with Gasteiger partial charge in [-0.15, -0.1) is 0 Å². The maximum atomic E-state index is 15.3. The third-order valence-electron chi connectivity index (χ3n) is 7.79. The van der Waals surface area contributed by atoms with Crippen LogP contribution >= 0.6 is 0 Å². The van der Waals surface area contributed by atoms with Crippen LogP contribution in [0.4, 0.5) is 4.79 Å². The molecule has 0 aromatic heterocycles. The smallest absolute Gasteiger partial charge is 0.305 e. The predicted octanol–water partition coefficient (Wildman–Crippen LogP) is 4.49. The summed E-state index contributed by atoms with van der Waals surface area (Å²) in [6.45, 7) is 0. The lowest BCUT2D eigenvalue weighted by atomic mass is 9.82. The SMILES string of the molecule is CN1C(=O)N([Si](c2ccccc2)(c2ccccc2)c2ccccc2)C(=O)C1(c1ccccc1)c1ccccc1. The summed E-state index contributed by atoms with van der Waals surface area (Å²) < 4.78 is 1.62. The fourth-order valence-electron chi connectivity index (χ4n) is 6.07. The van der Waals surface area contributed by atoms with Gasteiger partial charge in [-0.25, -0.2) is 4.79 Å². The number of likely N-dealkylation sites (N-methyl/N-ethyl adjacent to an activating group) is 1. The number of nitrogens with zero attached hydrogens (tertiary/aromatic N) is 2. The number of hydrogen-bond acceptors (Lipinski definition) is 2. The molecule has 0 N–H and O–H groups in total. The Balaban J connectivity index is 1.72. The largest absolute Gasteiger partial charge is 0.320 e. The molecule has 1 saturated heterocycles. The van der Waals surface area contributed by atoms with E-state index in [1.54, 1.807) is 16.5 Å². The molecule has 190 valence electrons. The number of imide groups is 1. The van der Waals surface area contributed by atoms with Gasteiger partial charge in [0, 0.05) is 7.05 Å². The average molecular weight is 525 g/mol. The zero-order chi connectivity index (χ0) is 26.9.